The second-order valence-corrected chi connectivity index (χ2v) is 6.81. The summed E-state index contributed by atoms with van der Waals surface area (Å²) in [5, 5.41) is 12.4. The van der Waals surface area contributed by atoms with Gasteiger partial charge in [0.25, 0.3) is 5.91 Å². The average molecular weight is 282 g/mol. The molecule has 106 valence electrons. The van der Waals surface area contributed by atoms with Crippen molar-refractivity contribution in [3.63, 3.8) is 0 Å². The number of aromatic nitrogens is 2. The van der Waals surface area contributed by atoms with E-state index in [9.17, 15) is 4.79 Å². The summed E-state index contributed by atoms with van der Waals surface area (Å²) in [5.74, 6) is 0.0230. The van der Waals surface area contributed by atoms with Gasteiger partial charge < -0.3 is 10.2 Å². The first-order valence-electron chi connectivity index (χ1n) is 6.88. The average Bonchev–Trinajstić information content (AvgIpc) is 2.83. The van der Waals surface area contributed by atoms with Crippen LogP contribution in [0.25, 0.3) is 0 Å². The van der Waals surface area contributed by atoms with Gasteiger partial charge >= 0.3 is 0 Å². The number of carbonyl (C=O) groups excluding carboxylic acids is 1. The zero-order chi connectivity index (χ0) is 13.9. The molecular formula is C13H22N4OS. The molecule has 19 heavy (non-hydrogen) atoms. The Morgan fingerprint density at radius 3 is 2.95 bits per heavy atom. The van der Waals surface area contributed by atoms with E-state index in [1.165, 1.54) is 17.8 Å². The molecule has 0 spiro atoms. The summed E-state index contributed by atoms with van der Waals surface area (Å²) in [6, 6.07) is 0. The Morgan fingerprint density at radius 2 is 2.26 bits per heavy atom. The second kappa shape index (κ2) is 5.86. The summed E-state index contributed by atoms with van der Waals surface area (Å²) >= 11 is 1.35. The van der Waals surface area contributed by atoms with Gasteiger partial charge in [-0.25, -0.2) is 0 Å². The van der Waals surface area contributed by atoms with E-state index in [1.807, 2.05) is 4.90 Å². The molecule has 1 aliphatic heterocycles. The number of amides is 1. The highest BCUT2D eigenvalue weighted by molar-refractivity contribution is 7.17. The third-order valence-electron chi connectivity index (χ3n) is 3.32. The number of piperidine rings is 1. The van der Waals surface area contributed by atoms with Crippen LogP contribution in [0.3, 0.4) is 0 Å². The highest BCUT2D eigenvalue weighted by Gasteiger charge is 2.30. The van der Waals surface area contributed by atoms with Crippen LogP contribution in [0.5, 0.6) is 0 Å². The summed E-state index contributed by atoms with van der Waals surface area (Å²) in [5.41, 5.74) is 0.210. The van der Waals surface area contributed by atoms with Crippen molar-refractivity contribution < 1.29 is 4.79 Å². The minimum atomic E-state index is 0.0230. The van der Waals surface area contributed by atoms with Gasteiger partial charge in [0.05, 0.1) is 0 Å². The summed E-state index contributed by atoms with van der Waals surface area (Å²) in [4.78, 5) is 14.3. The number of nitrogens with zero attached hydrogens (tertiary/aromatic N) is 3. The van der Waals surface area contributed by atoms with Crippen LogP contribution in [-0.2, 0) is 0 Å². The lowest BCUT2D eigenvalue weighted by atomic mass is 9.84. The van der Waals surface area contributed by atoms with E-state index >= 15 is 0 Å². The molecule has 5 nitrogen and oxygen atoms in total. The Kier molecular flexibility index (Phi) is 4.39. The highest BCUT2D eigenvalue weighted by Crippen LogP contribution is 2.29. The molecule has 1 saturated heterocycles. The third kappa shape index (κ3) is 3.65. The molecule has 1 aliphatic rings. The zero-order valence-electron chi connectivity index (χ0n) is 11.9. The highest BCUT2D eigenvalue weighted by atomic mass is 32.1. The lowest BCUT2D eigenvalue weighted by Gasteiger charge is -2.37. The number of hydrogen-bond donors (Lipinski definition) is 1. The molecule has 0 bridgehead atoms. The lowest BCUT2D eigenvalue weighted by molar-refractivity contribution is 0.0582. The largest absolute Gasteiger partial charge is 0.360 e. The number of anilines is 1. The molecule has 0 saturated carbocycles. The predicted octanol–water partition coefficient (Wildman–Crippen LogP) is 2.62. The Hall–Kier alpha value is -1.17. The van der Waals surface area contributed by atoms with E-state index in [1.54, 1.807) is 0 Å². The maximum atomic E-state index is 12.4. The molecule has 1 amide bonds. The van der Waals surface area contributed by atoms with E-state index in [-0.39, 0.29) is 11.3 Å². The maximum Gasteiger partial charge on any atom is 0.284 e. The molecule has 1 N–H and O–H groups in total. The van der Waals surface area contributed by atoms with E-state index in [4.69, 9.17) is 0 Å². The van der Waals surface area contributed by atoms with Crippen LogP contribution in [0.15, 0.2) is 0 Å². The van der Waals surface area contributed by atoms with Crippen LogP contribution in [0.2, 0.25) is 0 Å². The SMILES string of the molecule is CCCNc1nnc(C(=O)N2CCCC(C)(C)C2)s1. The van der Waals surface area contributed by atoms with Gasteiger partial charge in [-0.1, -0.05) is 32.1 Å². The monoisotopic (exact) mass is 282 g/mol. The van der Waals surface area contributed by atoms with Crippen molar-refractivity contribution in [3.8, 4) is 0 Å². The summed E-state index contributed by atoms with van der Waals surface area (Å²) < 4.78 is 0. The number of rotatable bonds is 4. The quantitative estimate of drug-likeness (QED) is 0.922. The van der Waals surface area contributed by atoms with Gasteiger partial charge in [-0.2, -0.15) is 0 Å². The van der Waals surface area contributed by atoms with Crippen molar-refractivity contribution in [3.05, 3.63) is 5.01 Å². The smallest absolute Gasteiger partial charge is 0.284 e. The zero-order valence-corrected chi connectivity index (χ0v) is 12.7. The number of nitrogens with one attached hydrogen (secondary N) is 1. The van der Waals surface area contributed by atoms with E-state index in [0.717, 1.165) is 37.6 Å². The van der Waals surface area contributed by atoms with Gasteiger partial charge in [0.2, 0.25) is 10.1 Å². The van der Waals surface area contributed by atoms with Crippen molar-refractivity contribution in [1.29, 1.82) is 0 Å². The fraction of sp³-hybridized carbons (Fsp3) is 0.769. The summed E-state index contributed by atoms with van der Waals surface area (Å²) in [6.45, 7) is 9.01. The standard InChI is InChI=1S/C13H22N4OS/c1-4-7-14-12-16-15-10(19-12)11(18)17-8-5-6-13(2,3)9-17/h4-9H2,1-3H3,(H,14,16). The second-order valence-electron chi connectivity index (χ2n) is 5.83. The van der Waals surface area contributed by atoms with Crippen molar-refractivity contribution in [2.75, 3.05) is 25.0 Å². The molecule has 0 atom stereocenters. The van der Waals surface area contributed by atoms with Gasteiger partial charge in [0.1, 0.15) is 0 Å². The fourth-order valence-corrected chi connectivity index (χ4v) is 3.08. The first kappa shape index (κ1) is 14.2. The van der Waals surface area contributed by atoms with Crippen LogP contribution < -0.4 is 5.32 Å². The predicted molar refractivity (Wildman–Crippen MR) is 77.6 cm³/mol. The Labute approximate surface area is 118 Å². The van der Waals surface area contributed by atoms with Gasteiger partial charge in [-0.15, -0.1) is 10.2 Å². The van der Waals surface area contributed by atoms with Crippen LogP contribution in [-0.4, -0.2) is 40.6 Å². The lowest BCUT2D eigenvalue weighted by Crippen LogP contribution is -2.43. The molecular weight excluding hydrogens is 260 g/mol. The van der Waals surface area contributed by atoms with Crippen LogP contribution in [0, 0.1) is 5.41 Å². The van der Waals surface area contributed by atoms with Crippen molar-refractivity contribution in [2.45, 2.75) is 40.0 Å². The first-order chi connectivity index (χ1) is 9.02. The minimum Gasteiger partial charge on any atom is -0.360 e. The van der Waals surface area contributed by atoms with Crippen molar-refractivity contribution in [2.24, 2.45) is 5.41 Å². The Bertz CT molecular complexity index is 444. The minimum absolute atomic E-state index is 0.0230. The topological polar surface area (TPSA) is 58.1 Å². The molecule has 2 rings (SSSR count). The number of likely N-dealkylation sites (tertiary alicyclic amines) is 1. The molecule has 6 heteroatoms. The molecule has 2 heterocycles. The van der Waals surface area contributed by atoms with E-state index < -0.39 is 0 Å². The van der Waals surface area contributed by atoms with Gasteiger partial charge in [0.15, 0.2) is 0 Å². The molecule has 0 aliphatic carbocycles. The molecule has 0 radical (unpaired) electrons. The molecule has 1 aromatic rings. The summed E-state index contributed by atoms with van der Waals surface area (Å²) in [7, 11) is 0. The summed E-state index contributed by atoms with van der Waals surface area (Å²) in [6.07, 6.45) is 3.28. The van der Waals surface area contributed by atoms with E-state index in [0.29, 0.717) is 5.01 Å². The Balaban J connectivity index is 2.01. The van der Waals surface area contributed by atoms with Gasteiger partial charge in [-0.3, -0.25) is 4.79 Å². The fourth-order valence-electron chi connectivity index (χ4n) is 2.34. The first-order valence-corrected chi connectivity index (χ1v) is 7.70. The molecule has 0 unspecified atom stereocenters. The maximum absolute atomic E-state index is 12.4. The molecule has 1 aromatic heterocycles. The van der Waals surface area contributed by atoms with Gasteiger partial charge in [0, 0.05) is 19.6 Å². The normalized spacial score (nSPS) is 18.4. The van der Waals surface area contributed by atoms with Crippen molar-refractivity contribution in [1.82, 2.24) is 15.1 Å². The molecule has 1 fully saturated rings. The van der Waals surface area contributed by atoms with E-state index in [2.05, 4.69) is 36.3 Å². The van der Waals surface area contributed by atoms with Crippen LogP contribution in [0.4, 0.5) is 5.13 Å². The third-order valence-corrected chi connectivity index (χ3v) is 4.19. The Morgan fingerprint density at radius 1 is 1.47 bits per heavy atom. The van der Waals surface area contributed by atoms with Gasteiger partial charge in [-0.05, 0) is 24.7 Å². The number of carbonyl (C=O) groups is 1. The number of hydrogen-bond acceptors (Lipinski definition) is 5. The van der Waals surface area contributed by atoms with Crippen LogP contribution >= 0.6 is 11.3 Å². The molecule has 0 aromatic carbocycles. The van der Waals surface area contributed by atoms with Crippen LogP contribution in [0.1, 0.15) is 49.8 Å². The van der Waals surface area contributed by atoms with Crippen molar-refractivity contribution >= 4 is 22.4 Å².